The fraction of sp³-hybridized carbons (Fsp3) is 0.346. The van der Waals surface area contributed by atoms with Crippen LogP contribution in [0.5, 0.6) is 0 Å². The number of nitrogens with zero attached hydrogens (tertiary/aromatic N) is 6. The highest BCUT2D eigenvalue weighted by molar-refractivity contribution is 6.33. The Labute approximate surface area is 216 Å². The van der Waals surface area contributed by atoms with Crippen LogP contribution in [0, 0.1) is 16.7 Å². The van der Waals surface area contributed by atoms with Crippen molar-refractivity contribution in [2.45, 2.75) is 45.1 Å². The molecule has 1 fully saturated rings. The Kier molecular flexibility index (Phi) is 6.09. The highest BCUT2D eigenvalue weighted by Crippen LogP contribution is 2.38. The lowest BCUT2D eigenvalue weighted by molar-refractivity contribution is 0.442. The van der Waals surface area contributed by atoms with E-state index in [1.807, 2.05) is 35.1 Å². The zero-order valence-electron chi connectivity index (χ0n) is 20.5. The van der Waals surface area contributed by atoms with Crippen molar-refractivity contribution in [3.05, 3.63) is 70.8 Å². The van der Waals surface area contributed by atoms with E-state index in [0.717, 1.165) is 12.8 Å². The quantitative estimate of drug-likeness (QED) is 0.346. The van der Waals surface area contributed by atoms with Gasteiger partial charge in [0.15, 0.2) is 0 Å². The van der Waals surface area contributed by atoms with Gasteiger partial charge in [-0.1, -0.05) is 55.8 Å². The molecule has 1 atom stereocenters. The van der Waals surface area contributed by atoms with Gasteiger partial charge >= 0.3 is 0 Å². The molecule has 0 spiro atoms. The highest BCUT2D eigenvalue weighted by atomic mass is 35.5. The highest BCUT2D eigenvalue weighted by Gasteiger charge is 2.35. The minimum absolute atomic E-state index is 0.0368. The van der Waals surface area contributed by atoms with Gasteiger partial charge in [0.05, 0.1) is 28.8 Å². The number of fused-ring (bicyclic) bond motifs is 1. The molecule has 1 aliphatic carbocycles. The van der Waals surface area contributed by atoms with Crippen molar-refractivity contribution in [3.8, 4) is 6.07 Å². The topological polar surface area (TPSA) is 104 Å². The predicted octanol–water partition coefficient (Wildman–Crippen LogP) is 5.02. The van der Waals surface area contributed by atoms with Crippen LogP contribution in [0.1, 0.15) is 56.5 Å². The van der Waals surface area contributed by atoms with Crippen molar-refractivity contribution in [2.75, 3.05) is 17.2 Å². The molecule has 0 aliphatic heterocycles. The van der Waals surface area contributed by atoms with E-state index in [9.17, 15) is 5.26 Å². The molecule has 36 heavy (non-hydrogen) atoms. The Morgan fingerprint density at radius 1 is 1.19 bits per heavy atom. The first-order valence-corrected chi connectivity index (χ1v) is 12.2. The summed E-state index contributed by atoms with van der Waals surface area (Å²) in [5.74, 6) is 0.648. The van der Waals surface area contributed by atoms with Crippen LogP contribution in [0.2, 0.25) is 5.02 Å². The molecule has 0 amide bonds. The van der Waals surface area contributed by atoms with E-state index in [0.29, 0.717) is 56.8 Å². The Hall–Kier alpha value is -3.64. The fourth-order valence-corrected chi connectivity index (χ4v) is 4.35. The maximum absolute atomic E-state index is 9.92. The molecule has 2 radical (unpaired) electrons. The number of nitriles is 1. The minimum Gasteiger partial charge on any atom is -0.378 e. The molecule has 2 heterocycles. The number of benzene rings is 2. The third-order valence-electron chi connectivity index (χ3n) is 6.12. The van der Waals surface area contributed by atoms with Crippen LogP contribution in [-0.2, 0) is 5.44 Å². The summed E-state index contributed by atoms with van der Waals surface area (Å²) in [6.45, 7) is 7.11. The number of hydrogen-bond acceptors (Lipinski definition) is 7. The van der Waals surface area contributed by atoms with Gasteiger partial charge in [-0.3, -0.25) is 0 Å². The Bertz CT molecular complexity index is 1470. The summed E-state index contributed by atoms with van der Waals surface area (Å²) in [5.41, 5.74) is 1.47. The van der Waals surface area contributed by atoms with Crippen LogP contribution < -0.4 is 10.6 Å². The molecule has 8 nitrogen and oxygen atoms in total. The van der Waals surface area contributed by atoms with E-state index in [-0.39, 0.29) is 5.41 Å². The molecule has 2 aromatic heterocycles. The third-order valence-corrected chi connectivity index (χ3v) is 6.45. The summed E-state index contributed by atoms with van der Waals surface area (Å²) in [5, 5.41) is 26.7. The summed E-state index contributed by atoms with van der Waals surface area (Å²) >= 11 is 6.61. The van der Waals surface area contributed by atoms with Crippen LogP contribution in [0.15, 0.2) is 48.9 Å². The smallest absolute Gasteiger partial charge is 0.137 e. The number of anilines is 2. The van der Waals surface area contributed by atoms with Crippen molar-refractivity contribution in [1.82, 2.24) is 25.0 Å². The van der Waals surface area contributed by atoms with Gasteiger partial charge in [0.2, 0.25) is 0 Å². The van der Waals surface area contributed by atoms with Crippen molar-refractivity contribution >= 4 is 41.9 Å². The molecule has 10 heteroatoms. The van der Waals surface area contributed by atoms with Crippen LogP contribution >= 0.6 is 11.6 Å². The van der Waals surface area contributed by atoms with Gasteiger partial charge in [-0.15, -0.1) is 5.10 Å². The van der Waals surface area contributed by atoms with Crippen molar-refractivity contribution in [2.24, 2.45) is 5.41 Å². The van der Waals surface area contributed by atoms with E-state index < -0.39 is 5.44 Å². The Morgan fingerprint density at radius 2 is 1.97 bits per heavy atom. The van der Waals surface area contributed by atoms with Crippen molar-refractivity contribution in [1.29, 1.82) is 5.26 Å². The van der Waals surface area contributed by atoms with E-state index in [2.05, 4.69) is 57.8 Å². The van der Waals surface area contributed by atoms with Gasteiger partial charge in [0.25, 0.3) is 0 Å². The molecule has 0 saturated heterocycles. The summed E-state index contributed by atoms with van der Waals surface area (Å²) in [6.07, 6.45) is 5.47. The lowest BCUT2D eigenvalue weighted by Crippen LogP contribution is -2.38. The lowest BCUT2D eigenvalue weighted by Gasteiger charge is -2.32. The molecule has 4 aromatic rings. The maximum Gasteiger partial charge on any atom is 0.137 e. The Morgan fingerprint density at radius 3 is 2.67 bits per heavy atom. The van der Waals surface area contributed by atoms with E-state index >= 15 is 0 Å². The molecule has 1 unspecified atom stereocenters. The maximum atomic E-state index is 9.92. The third kappa shape index (κ3) is 4.73. The summed E-state index contributed by atoms with van der Waals surface area (Å²) in [6, 6.07) is 13.6. The molecule has 1 aliphatic rings. The van der Waals surface area contributed by atoms with E-state index in [4.69, 9.17) is 19.4 Å². The largest absolute Gasteiger partial charge is 0.378 e. The molecule has 2 aromatic carbocycles. The normalized spacial score (nSPS) is 15.3. The molecule has 180 valence electrons. The average Bonchev–Trinajstić information content (AvgIpc) is 3.57. The van der Waals surface area contributed by atoms with E-state index in [1.165, 1.54) is 6.33 Å². The fourth-order valence-electron chi connectivity index (χ4n) is 4.07. The molecular weight excluding hydrogens is 471 g/mol. The average molecular weight is 497 g/mol. The second-order valence-corrected chi connectivity index (χ2v) is 10.8. The number of halogens is 1. The van der Waals surface area contributed by atoms with Crippen LogP contribution in [0.4, 0.5) is 11.5 Å². The number of rotatable bonds is 7. The lowest BCUT2D eigenvalue weighted by atomic mass is 9.69. The molecule has 1 saturated carbocycles. The van der Waals surface area contributed by atoms with Crippen LogP contribution in [0.25, 0.3) is 10.9 Å². The van der Waals surface area contributed by atoms with Gasteiger partial charge in [-0.2, -0.15) is 5.26 Å². The van der Waals surface area contributed by atoms with Gasteiger partial charge < -0.3 is 10.6 Å². The second-order valence-electron chi connectivity index (χ2n) is 10.4. The summed E-state index contributed by atoms with van der Waals surface area (Å²) < 4.78 is 1.85. The standard InChI is InChI=1S/C26H26BClN8/c1-25(2,3)14-30-24-19-11-17(10-16(12-29)23(19)31-15-32-24)33-26(27,20-6-4-5-7-21(20)28)22-13-36(35-34-22)18-8-9-18/h4-7,10-11,13,15,18,33H,8-9,14H2,1-3H3,(H,30,31,32). The molecule has 2 N–H and O–H groups in total. The molecule has 5 rings (SSSR count). The van der Waals surface area contributed by atoms with Crippen LogP contribution in [-0.4, -0.2) is 39.4 Å². The monoisotopic (exact) mass is 496 g/mol. The zero-order valence-corrected chi connectivity index (χ0v) is 21.2. The first-order valence-electron chi connectivity index (χ1n) is 11.8. The molecule has 0 bridgehead atoms. The first kappa shape index (κ1) is 24.1. The van der Waals surface area contributed by atoms with Gasteiger partial charge in [0, 0.05) is 22.6 Å². The molecular formula is C26H26BClN8. The predicted molar refractivity (Wildman–Crippen MR) is 142 cm³/mol. The summed E-state index contributed by atoms with van der Waals surface area (Å²) in [7, 11) is 7.06. The number of nitrogens with one attached hydrogen (secondary N) is 2. The Balaban J connectivity index is 1.62. The summed E-state index contributed by atoms with van der Waals surface area (Å²) in [4.78, 5) is 8.82. The second kappa shape index (κ2) is 9.10. The van der Waals surface area contributed by atoms with E-state index in [1.54, 1.807) is 12.1 Å². The van der Waals surface area contributed by atoms with Crippen molar-refractivity contribution < 1.29 is 0 Å². The van der Waals surface area contributed by atoms with Crippen LogP contribution in [0.3, 0.4) is 0 Å². The van der Waals surface area contributed by atoms with Gasteiger partial charge in [-0.25, -0.2) is 14.6 Å². The van der Waals surface area contributed by atoms with Crippen molar-refractivity contribution in [3.63, 3.8) is 0 Å². The number of aromatic nitrogens is 5. The van der Waals surface area contributed by atoms with Gasteiger partial charge in [0.1, 0.15) is 31.8 Å². The zero-order chi connectivity index (χ0) is 25.5. The first-order chi connectivity index (χ1) is 17.2. The minimum atomic E-state index is -1.31. The number of hydrogen-bond donors (Lipinski definition) is 2. The van der Waals surface area contributed by atoms with Gasteiger partial charge in [-0.05, 0) is 42.0 Å². The SMILES string of the molecule is [B]C(Nc1cc(C#N)c2ncnc(NCC(C)(C)C)c2c1)(c1cn(C2CC2)nn1)c1ccccc1Cl.